The van der Waals surface area contributed by atoms with Crippen LogP contribution in [0.4, 0.5) is 5.69 Å². The molecule has 0 saturated carbocycles. The Morgan fingerprint density at radius 3 is 3.00 bits per heavy atom. The van der Waals surface area contributed by atoms with Crippen LogP contribution < -0.4 is 10.1 Å². The van der Waals surface area contributed by atoms with Crippen molar-refractivity contribution in [1.29, 1.82) is 0 Å². The number of carbonyl (C=O) groups is 1. The highest BCUT2D eigenvalue weighted by atomic mass is 79.9. The zero-order chi connectivity index (χ0) is 12.4. The minimum Gasteiger partial charge on any atom is -0.479 e. The molecule has 17 heavy (non-hydrogen) atoms. The molecule has 4 heteroatoms. The van der Waals surface area contributed by atoms with Gasteiger partial charge in [0.25, 0.3) is 5.91 Å². The van der Waals surface area contributed by atoms with Gasteiger partial charge in [-0.25, -0.2) is 0 Å². The Hall–Kier alpha value is -1.03. The van der Waals surface area contributed by atoms with E-state index in [1.165, 1.54) is 5.56 Å². The molecule has 3 nitrogen and oxygen atoms in total. The van der Waals surface area contributed by atoms with E-state index in [1.807, 2.05) is 18.2 Å². The lowest BCUT2D eigenvalue weighted by molar-refractivity contribution is -0.122. The van der Waals surface area contributed by atoms with E-state index in [1.54, 1.807) is 6.92 Å². The van der Waals surface area contributed by atoms with Crippen molar-refractivity contribution in [3.05, 3.63) is 23.8 Å². The highest BCUT2D eigenvalue weighted by Crippen LogP contribution is 2.31. The number of benzene rings is 1. The number of nitrogens with one attached hydrogen (secondary N) is 1. The number of hydrogen-bond donors (Lipinski definition) is 1. The summed E-state index contributed by atoms with van der Waals surface area (Å²) in [7, 11) is 0. The summed E-state index contributed by atoms with van der Waals surface area (Å²) < 4.78 is 5.51. The van der Waals surface area contributed by atoms with Crippen LogP contribution in [0.2, 0.25) is 0 Å². The van der Waals surface area contributed by atoms with E-state index in [2.05, 4.69) is 28.2 Å². The van der Waals surface area contributed by atoms with Gasteiger partial charge in [0.2, 0.25) is 0 Å². The number of ether oxygens (including phenoxy) is 1. The maximum Gasteiger partial charge on any atom is 0.265 e. The third kappa shape index (κ3) is 2.80. The van der Waals surface area contributed by atoms with E-state index in [9.17, 15) is 4.79 Å². The first-order chi connectivity index (χ1) is 8.10. The van der Waals surface area contributed by atoms with Gasteiger partial charge < -0.3 is 10.1 Å². The van der Waals surface area contributed by atoms with Gasteiger partial charge in [0.15, 0.2) is 6.10 Å². The second-order valence-corrected chi connectivity index (χ2v) is 5.58. The molecule has 1 heterocycles. The van der Waals surface area contributed by atoms with Crippen LogP contribution in [0.3, 0.4) is 0 Å². The van der Waals surface area contributed by atoms with Crippen molar-refractivity contribution in [2.24, 2.45) is 0 Å². The number of alkyl halides is 1. The van der Waals surface area contributed by atoms with E-state index in [4.69, 9.17) is 4.74 Å². The average molecular weight is 298 g/mol. The first-order valence-electron chi connectivity index (χ1n) is 5.84. The van der Waals surface area contributed by atoms with E-state index >= 15 is 0 Å². The summed E-state index contributed by atoms with van der Waals surface area (Å²) in [6, 6.07) is 5.96. The second-order valence-electron chi connectivity index (χ2n) is 4.29. The number of rotatable bonds is 3. The molecule has 1 amide bonds. The maximum atomic E-state index is 11.5. The van der Waals surface area contributed by atoms with Crippen LogP contribution in [0.25, 0.3) is 0 Å². The molecular weight excluding hydrogens is 282 g/mol. The van der Waals surface area contributed by atoms with Gasteiger partial charge in [0.05, 0.1) is 5.69 Å². The number of hydrogen-bond acceptors (Lipinski definition) is 2. The van der Waals surface area contributed by atoms with Crippen molar-refractivity contribution < 1.29 is 9.53 Å². The Morgan fingerprint density at radius 1 is 1.53 bits per heavy atom. The molecule has 0 spiro atoms. The zero-order valence-corrected chi connectivity index (χ0v) is 11.6. The number of amides is 1. The van der Waals surface area contributed by atoms with Crippen LogP contribution in [0.1, 0.15) is 25.8 Å². The zero-order valence-electron chi connectivity index (χ0n) is 10.00. The maximum absolute atomic E-state index is 11.5. The van der Waals surface area contributed by atoms with E-state index in [-0.39, 0.29) is 5.91 Å². The molecule has 0 aliphatic carbocycles. The van der Waals surface area contributed by atoms with Crippen LogP contribution in [0.5, 0.6) is 5.75 Å². The van der Waals surface area contributed by atoms with Crippen molar-refractivity contribution in [3.8, 4) is 5.75 Å². The molecule has 1 N–H and O–H groups in total. The summed E-state index contributed by atoms with van der Waals surface area (Å²) in [6.07, 6.45) is 1.62. The number of anilines is 1. The molecule has 2 rings (SSSR count). The Morgan fingerprint density at radius 2 is 2.29 bits per heavy atom. The number of carbonyl (C=O) groups excluding carboxylic acids is 1. The van der Waals surface area contributed by atoms with Crippen LogP contribution in [-0.4, -0.2) is 16.8 Å². The van der Waals surface area contributed by atoms with Gasteiger partial charge in [0, 0.05) is 4.83 Å². The quantitative estimate of drug-likeness (QED) is 0.871. The SMILES string of the molecule is CCC(Br)Cc1ccc2c(c1)NC(=O)C(C)O2. The van der Waals surface area contributed by atoms with Gasteiger partial charge in [-0.15, -0.1) is 0 Å². The molecule has 0 bridgehead atoms. The second kappa shape index (κ2) is 5.08. The molecule has 0 radical (unpaired) electrons. The van der Waals surface area contributed by atoms with Gasteiger partial charge in [-0.3, -0.25) is 4.79 Å². The molecule has 1 aliphatic heterocycles. The van der Waals surface area contributed by atoms with E-state index in [0.29, 0.717) is 4.83 Å². The van der Waals surface area contributed by atoms with E-state index < -0.39 is 6.10 Å². The predicted molar refractivity (Wildman–Crippen MR) is 71.9 cm³/mol. The first kappa shape index (κ1) is 12.4. The van der Waals surface area contributed by atoms with Gasteiger partial charge in [-0.2, -0.15) is 0 Å². The van der Waals surface area contributed by atoms with Crippen LogP contribution in [0, 0.1) is 0 Å². The van der Waals surface area contributed by atoms with Crippen molar-refractivity contribution in [3.63, 3.8) is 0 Å². The largest absolute Gasteiger partial charge is 0.479 e. The van der Waals surface area contributed by atoms with Gasteiger partial charge >= 0.3 is 0 Å². The molecule has 0 fully saturated rings. The third-order valence-corrected chi connectivity index (χ3v) is 3.85. The highest BCUT2D eigenvalue weighted by molar-refractivity contribution is 9.09. The lowest BCUT2D eigenvalue weighted by Crippen LogP contribution is -2.34. The van der Waals surface area contributed by atoms with Crippen molar-refractivity contribution in [1.82, 2.24) is 0 Å². The fraction of sp³-hybridized carbons (Fsp3) is 0.462. The average Bonchev–Trinajstić information content (AvgIpc) is 2.31. The van der Waals surface area contributed by atoms with Gasteiger partial charge in [-0.05, 0) is 37.5 Å². The fourth-order valence-corrected chi connectivity index (χ4v) is 2.16. The lowest BCUT2D eigenvalue weighted by Gasteiger charge is -2.23. The third-order valence-electron chi connectivity index (χ3n) is 2.87. The number of fused-ring (bicyclic) bond motifs is 1. The highest BCUT2D eigenvalue weighted by Gasteiger charge is 2.23. The van der Waals surface area contributed by atoms with Gasteiger partial charge in [0.1, 0.15) is 5.75 Å². The van der Waals surface area contributed by atoms with Gasteiger partial charge in [-0.1, -0.05) is 28.9 Å². The Bertz CT molecular complexity index is 433. The molecule has 0 aromatic heterocycles. The first-order valence-corrected chi connectivity index (χ1v) is 6.76. The van der Waals surface area contributed by atoms with E-state index in [0.717, 1.165) is 24.3 Å². The van der Waals surface area contributed by atoms with Crippen molar-refractivity contribution >= 4 is 27.5 Å². The Balaban J connectivity index is 2.19. The van der Waals surface area contributed by atoms with Crippen LogP contribution >= 0.6 is 15.9 Å². The molecule has 1 aromatic carbocycles. The Labute approximate surface area is 110 Å². The minimum absolute atomic E-state index is 0.0828. The molecule has 2 unspecified atom stereocenters. The van der Waals surface area contributed by atoms with Crippen molar-refractivity contribution in [2.45, 2.75) is 37.6 Å². The lowest BCUT2D eigenvalue weighted by atomic mass is 10.1. The number of halogens is 1. The van der Waals surface area contributed by atoms with Crippen molar-refractivity contribution in [2.75, 3.05) is 5.32 Å². The Kier molecular flexibility index (Phi) is 3.72. The summed E-state index contributed by atoms with van der Waals surface area (Å²) in [5.74, 6) is 0.670. The summed E-state index contributed by atoms with van der Waals surface area (Å²) in [6.45, 7) is 3.89. The standard InChI is InChI=1S/C13H16BrNO2/c1-3-10(14)6-9-4-5-12-11(7-9)15-13(16)8(2)17-12/h4-5,7-8,10H,3,6H2,1-2H3,(H,15,16). The molecular formula is C13H16BrNO2. The fourth-order valence-electron chi connectivity index (χ4n) is 1.78. The normalized spacial score (nSPS) is 20.2. The molecule has 2 atom stereocenters. The molecule has 92 valence electrons. The topological polar surface area (TPSA) is 38.3 Å². The minimum atomic E-state index is -0.409. The van der Waals surface area contributed by atoms with Crippen LogP contribution in [0.15, 0.2) is 18.2 Å². The summed E-state index contributed by atoms with van der Waals surface area (Å²) >= 11 is 3.61. The summed E-state index contributed by atoms with van der Waals surface area (Å²) in [4.78, 5) is 12.0. The predicted octanol–water partition coefficient (Wildman–Crippen LogP) is 3.12. The monoisotopic (exact) mass is 297 g/mol. The van der Waals surface area contributed by atoms with Crippen LogP contribution in [-0.2, 0) is 11.2 Å². The smallest absolute Gasteiger partial charge is 0.265 e. The molecule has 1 aromatic rings. The molecule has 0 saturated heterocycles. The summed E-state index contributed by atoms with van der Waals surface area (Å²) in [5.41, 5.74) is 1.98. The molecule has 1 aliphatic rings. The summed E-state index contributed by atoms with van der Waals surface area (Å²) in [5, 5.41) is 2.86.